The molecule has 0 aromatic carbocycles. The summed E-state index contributed by atoms with van der Waals surface area (Å²) in [7, 11) is -1.49. The van der Waals surface area contributed by atoms with E-state index in [0.29, 0.717) is 18.7 Å². The molecule has 0 aromatic heterocycles. The Hall–Kier alpha value is -1.00. The zero-order valence-corrected chi connectivity index (χ0v) is 11.0. The predicted molar refractivity (Wildman–Crippen MR) is 63.3 cm³/mol. The molecule has 0 heterocycles. The van der Waals surface area contributed by atoms with Crippen LogP contribution in [0.25, 0.3) is 0 Å². The van der Waals surface area contributed by atoms with E-state index in [-0.39, 0.29) is 12.1 Å². The minimum absolute atomic E-state index is 0. The van der Waals surface area contributed by atoms with Crippen LogP contribution in [0.1, 0.15) is 6.92 Å². The Bertz CT molecular complexity index is 314. The smallest absolute Gasteiger partial charge is 0.397 e. The van der Waals surface area contributed by atoms with Gasteiger partial charge in [-0.1, -0.05) is 6.58 Å². The molecule has 0 amide bonds. The monoisotopic (exact) mass is 272 g/mol. The lowest BCUT2D eigenvalue weighted by molar-refractivity contribution is -0.138. The first-order valence-corrected chi connectivity index (χ1v) is 5.61. The van der Waals surface area contributed by atoms with Gasteiger partial charge in [0.15, 0.2) is 0 Å². The highest BCUT2D eigenvalue weighted by Gasteiger charge is 2.00. The van der Waals surface area contributed by atoms with Gasteiger partial charge in [0.05, 0.1) is 7.11 Å². The predicted octanol–water partition coefficient (Wildman–Crippen LogP) is -0.0773. The van der Waals surface area contributed by atoms with E-state index in [1.54, 1.807) is 14.0 Å². The van der Waals surface area contributed by atoms with Crippen LogP contribution in [0.5, 0.6) is 0 Å². The van der Waals surface area contributed by atoms with Crippen molar-refractivity contribution >= 4 is 16.4 Å². The molecule has 9 heteroatoms. The van der Waals surface area contributed by atoms with Crippen LogP contribution in [-0.2, 0) is 24.1 Å². The second kappa shape index (κ2) is 11.5. The number of likely N-dealkylation sites (N-methyl/N-ethyl adjacent to an activating group) is 1. The molecular weight excluding hydrogens is 252 g/mol. The van der Waals surface area contributed by atoms with E-state index >= 15 is 0 Å². The second-order valence-corrected chi connectivity index (χ2v) is 3.80. The highest BCUT2D eigenvalue weighted by atomic mass is 32.3. The van der Waals surface area contributed by atoms with Crippen LogP contribution in [0.2, 0.25) is 0 Å². The largest absolute Gasteiger partial charge is 0.461 e. The van der Waals surface area contributed by atoms with Crippen LogP contribution in [0.15, 0.2) is 12.2 Å². The number of hydrogen-bond acceptors (Lipinski definition) is 7. The van der Waals surface area contributed by atoms with Crippen molar-refractivity contribution in [2.24, 2.45) is 0 Å². The molecule has 0 aromatic rings. The van der Waals surface area contributed by atoms with Gasteiger partial charge in [0, 0.05) is 12.1 Å². The van der Waals surface area contributed by atoms with Crippen molar-refractivity contribution < 1.29 is 26.7 Å². The topological polar surface area (TPSA) is 137 Å². The van der Waals surface area contributed by atoms with Crippen LogP contribution in [0.3, 0.4) is 0 Å². The van der Waals surface area contributed by atoms with Gasteiger partial charge in [-0.15, -0.1) is 0 Å². The first kappa shape index (κ1) is 21.3. The minimum atomic E-state index is -4.16. The lowest BCUT2D eigenvalue weighted by atomic mass is 10.4. The van der Waals surface area contributed by atoms with Crippen molar-refractivity contribution in [1.29, 1.82) is 0 Å². The molecule has 0 aliphatic rings. The summed E-state index contributed by atoms with van der Waals surface area (Å²) < 4.78 is 34.5. The van der Waals surface area contributed by atoms with Gasteiger partial charge >= 0.3 is 16.4 Å². The Labute approximate surface area is 102 Å². The normalized spacial score (nSPS) is 9.41. The lowest BCUT2D eigenvalue weighted by Gasteiger charge is -2.01. The van der Waals surface area contributed by atoms with Crippen LogP contribution in [0, 0.1) is 0 Å². The molecule has 0 spiro atoms. The van der Waals surface area contributed by atoms with Crippen molar-refractivity contribution in [3.05, 3.63) is 12.2 Å². The molecule has 0 fully saturated rings. The first-order chi connectivity index (χ1) is 7.24. The highest BCUT2D eigenvalue weighted by Crippen LogP contribution is 1.89. The molecule has 5 N–H and O–H groups in total. The molecule has 0 atom stereocenters. The third kappa shape index (κ3) is 21.0. The van der Waals surface area contributed by atoms with Gasteiger partial charge in [0.2, 0.25) is 0 Å². The average molecular weight is 272 g/mol. The number of nitrogens with one attached hydrogen (secondary N) is 1. The van der Waals surface area contributed by atoms with Gasteiger partial charge in [-0.2, -0.15) is 8.42 Å². The number of carbonyl (C=O) groups is 1. The van der Waals surface area contributed by atoms with Gasteiger partial charge in [-0.25, -0.2) is 4.79 Å². The zero-order chi connectivity index (χ0) is 13.2. The maximum atomic E-state index is 10.7. The van der Waals surface area contributed by atoms with Crippen molar-refractivity contribution in [1.82, 2.24) is 11.5 Å². The molecule has 0 unspecified atom stereocenters. The number of carbonyl (C=O) groups excluding carboxylic acids is 1. The zero-order valence-electron chi connectivity index (χ0n) is 10.2. The SMILES string of the molecule is C=C(C)C(=O)OCCNC.COS(=O)(=O)O.N. The molecule has 0 saturated heterocycles. The molecule has 0 bridgehead atoms. The molecule has 17 heavy (non-hydrogen) atoms. The fourth-order valence-electron chi connectivity index (χ4n) is 0.369. The average Bonchev–Trinajstić information content (AvgIpc) is 2.17. The van der Waals surface area contributed by atoms with E-state index in [2.05, 4.69) is 16.1 Å². The van der Waals surface area contributed by atoms with Crippen molar-refractivity contribution in [3.8, 4) is 0 Å². The van der Waals surface area contributed by atoms with Crippen LogP contribution in [-0.4, -0.2) is 46.2 Å². The molecule has 0 rings (SSSR count). The number of hydrogen-bond donors (Lipinski definition) is 3. The lowest BCUT2D eigenvalue weighted by Crippen LogP contribution is -2.17. The molecule has 0 aliphatic heterocycles. The standard InChI is InChI=1S/C7H13NO2.CH4O4S.H3N/c1-6(2)7(9)10-5-4-8-3;1-5-6(2,3)4;/h8H,1,4-5H2,2-3H3;1H3,(H,2,3,4);1H3. The van der Waals surface area contributed by atoms with Gasteiger partial charge in [0.1, 0.15) is 6.61 Å². The molecule has 0 radical (unpaired) electrons. The second-order valence-electron chi connectivity index (χ2n) is 2.61. The molecule has 0 saturated carbocycles. The van der Waals surface area contributed by atoms with Crippen molar-refractivity contribution in [3.63, 3.8) is 0 Å². The summed E-state index contributed by atoms with van der Waals surface area (Å²) in [5, 5.41) is 2.86. The summed E-state index contributed by atoms with van der Waals surface area (Å²) in [6.07, 6.45) is 0. The Morgan fingerprint density at radius 2 is 1.88 bits per heavy atom. The maximum Gasteiger partial charge on any atom is 0.397 e. The first-order valence-electron chi connectivity index (χ1n) is 4.24. The molecule has 0 aliphatic carbocycles. The van der Waals surface area contributed by atoms with E-state index < -0.39 is 10.4 Å². The summed E-state index contributed by atoms with van der Waals surface area (Å²) in [5.74, 6) is -0.324. The molecule has 104 valence electrons. The summed E-state index contributed by atoms with van der Waals surface area (Å²) in [6.45, 7) is 6.15. The minimum Gasteiger partial charge on any atom is -0.461 e. The highest BCUT2D eigenvalue weighted by molar-refractivity contribution is 7.80. The fraction of sp³-hybridized carbons (Fsp3) is 0.625. The maximum absolute atomic E-state index is 10.7. The van der Waals surface area contributed by atoms with E-state index in [4.69, 9.17) is 9.29 Å². The Balaban J connectivity index is -0.000000244. The van der Waals surface area contributed by atoms with Crippen molar-refractivity contribution in [2.45, 2.75) is 6.92 Å². The summed E-state index contributed by atoms with van der Waals surface area (Å²) in [5.41, 5.74) is 0.441. The third-order valence-electron chi connectivity index (χ3n) is 1.14. The quantitative estimate of drug-likeness (QED) is 0.273. The summed E-state index contributed by atoms with van der Waals surface area (Å²) >= 11 is 0. The molecular formula is C8H20N2O6S. The van der Waals surface area contributed by atoms with Gasteiger partial charge in [-0.3, -0.25) is 8.74 Å². The van der Waals surface area contributed by atoms with E-state index in [0.717, 1.165) is 7.11 Å². The Morgan fingerprint density at radius 1 is 1.47 bits per heavy atom. The van der Waals surface area contributed by atoms with E-state index in [9.17, 15) is 13.2 Å². The van der Waals surface area contributed by atoms with E-state index in [1.807, 2.05) is 0 Å². The number of ether oxygens (including phenoxy) is 1. The number of esters is 1. The van der Waals surface area contributed by atoms with Crippen LogP contribution >= 0.6 is 0 Å². The summed E-state index contributed by atoms with van der Waals surface area (Å²) in [4.78, 5) is 10.7. The van der Waals surface area contributed by atoms with Crippen LogP contribution in [0.4, 0.5) is 0 Å². The Kier molecular flexibility index (Phi) is 14.4. The number of rotatable bonds is 5. The van der Waals surface area contributed by atoms with Gasteiger partial charge < -0.3 is 16.2 Å². The van der Waals surface area contributed by atoms with Gasteiger partial charge in [0.25, 0.3) is 0 Å². The third-order valence-corrected chi connectivity index (χ3v) is 1.57. The van der Waals surface area contributed by atoms with Gasteiger partial charge in [-0.05, 0) is 14.0 Å². The van der Waals surface area contributed by atoms with Crippen LogP contribution < -0.4 is 11.5 Å². The van der Waals surface area contributed by atoms with E-state index in [1.165, 1.54) is 0 Å². The van der Waals surface area contributed by atoms with Crippen molar-refractivity contribution in [2.75, 3.05) is 27.3 Å². The Morgan fingerprint density at radius 3 is 2.12 bits per heavy atom. The summed E-state index contributed by atoms with van der Waals surface area (Å²) in [6, 6.07) is 0. The fourth-order valence-corrected chi connectivity index (χ4v) is 0.369. The molecule has 8 nitrogen and oxygen atoms in total.